The number of rotatable bonds is 1. The van der Waals surface area contributed by atoms with Crippen molar-refractivity contribution < 1.29 is 13.2 Å². The van der Waals surface area contributed by atoms with Crippen LogP contribution in [-0.2, 0) is 6.18 Å². The van der Waals surface area contributed by atoms with Crippen LogP contribution in [0.25, 0.3) is 0 Å². The molecular formula is C12H14BrF3N2. The van der Waals surface area contributed by atoms with Crippen molar-refractivity contribution in [3.63, 3.8) is 0 Å². The minimum atomic E-state index is -4.32. The normalized spacial score (nSPS) is 21.2. The van der Waals surface area contributed by atoms with Crippen molar-refractivity contribution in [3.05, 3.63) is 28.2 Å². The lowest BCUT2D eigenvalue weighted by Gasteiger charge is -2.35. The number of piperazine rings is 1. The summed E-state index contributed by atoms with van der Waals surface area (Å²) in [5.41, 5.74) is -0.315. The van der Waals surface area contributed by atoms with Gasteiger partial charge >= 0.3 is 6.18 Å². The molecule has 1 aromatic rings. The molecule has 2 nitrogen and oxygen atoms in total. The van der Waals surface area contributed by atoms with Crippen molar-refractivity contribution in [1.82, 2.24) is 5.32 Å². The summed E-state index contributed by atoms with van der Waals surface area (Å²) in [4.78, 5) is 1.79. The topological polar surface area (TPSA) is 15.3 Å². The van der Waals surface area contributed by atoms with Crippen molar-refractivity contribution in [2.45, 2.75) is 19.1 Å². The highest BCUT2D eigenvalue weighted by molar-refractivity contribution is 9.10. The second-order valence-electron chi connectivity index (χ2n) is 4.46. The molecule has 1 aliphatic rings. The third kappa shape index (κ3) is 2.98. The maximum absolute atomic E-state index is 13.0. The molecule has 0 aliphatic carbocycles. The first-order valence-corrected chi connectivity index (χ1v) is 6.52. The van der Waals surface area contributed by atoms with Gasteiger partial charge in [0.2, 0.25) is 0 Å². The monoisotopic (exact) mass is 322 g/mol. The lowest BCUT2D eigenvalue weighted by Crippen LogP contribution is -2.49. The van der Waals surface area contributed by atoms with Gasteiger partial charge in [-0.15, -0.1) is 0 Å². The van der Waals surface area contributed by atoms with Gasteiger partial charge < -0.3 is 10.2 Å². The van der Waals surface area contributed by atoms with Gasteiger partial charge in [0.05, 0.1) is 11.3 Å². The van der Waals surface area contributed by atoms with E-state index in [1.165, 1.54) is 6.07 Å². The van der Waals surface area contributed by atoms with Crippen LogP contribution in [0.1, 0.15) is 12.5 Å². The fourth-order valence-corrected chi connectivity index (χ4v) is 2.51. The number of halogens is 4. The first-order valence-electron chi connectivity index (χ1n) is 5.73. The molecule has 0 bridgehead atoms. The van der Waals surface area contributed by atoms with E-state index in [2.05, 4.69) is 21.2 Å². The summed E-state index contributed by atoms with van der Waals surface area (Å²) in [5.74, 6) is 0. The molecule has 0 radical (unpaired) electrons. The van der Waals surface area contributed by atoms with Crippen LogP contribution in [0, 0.1) is 0 Å². The fraction of sp³-hybridized carbons (Fsp3) is 0.500. The van der Waals surface area contributed by atoms with Crippen LogP contribution in [0.4, 0.5) is 18.9 Å². The predicted molar refractivity (Wildman–Crippen MR) is 68.8 cm³/mol. The molecule has 0 spiro atoms. The Balaban J connectivity index is 2.38. The summed E-state index contributed by atoms with van der Waals surface area (Å²) < 4.78 is 39.6. The summed E-state index contributed by atoms with van der Waals surface area (Å²) in [7, 11) is 0. The van der Waals surface area contributed by atoms with Gasteiger partial charge in [-0.1, -0.05) is 15.9 Å². The molecule has 1 atom stereocenters. The average molecular weight is 323 g/mol. The fourth-order valence-electron chi connectivity index (χ4n) is 2.16. The number of hydrogen-bond donors (Lipinski definition) is 1. The van der Waals surface area contributed by atoms with Crippen LogP contribution in [0.15, 0.2) is 22.7 Å². The summed E-state index contributed by atoms with van der Waals surface area (Å²) in [5, 5.41) is 3.22. The molecule has 100 valence electrons. The highest BCUT2D eigenvalue weighted by Gasteiger charge is 2.35. The van der Waals surface area contributed by atoms with E-state index in [1.807, 2.05) is 6.92 Å². The van der Waals surface area contributed by atoms with E-state index in [4.69, 9.17) is 0 Å². The largest absolute Gasteiger partial charge is 0.418 e. The Kier molecular flexibility index (Phi) is 3.87. The Bertz CT molecular complexity index is 434. The summed E-state index contributed by atoms with van der Waals surface area (Å²) in [6, 6.07) is 4.30. The van der Waals surface area contributed by atoms with Crippen molar-refractivity contribution in [1.29, 1.82) is 0 Å². The number of hydrogen-bond acceptors (Lipinski definition) is 2. The van der Waals surface area contributed by atoms with Gasteiger partial charge in [0, 0.05) is 30.1 Å². The minimum Gasteiger partial charge on any atom is -0.368 e. The van der Waals surface area contributed by atoms with Crippen molar-refractivity contribution in [2.75, 3.05) is 24.5 Å². The highest BCUT2D eigenvalue weighted by atomic mass is 79.9. The molecule has 2 rings (SSSR count). The van der Waals surface area contributed by atoms with E-state index in [0.29, 0.717) is 24.1 Å². The van der Waals surface area contributed by atoms with Crippen LogP contribution < -0.4 is 10.2 Å². The molecule has 1 saturated heterocycles. The van der Waals surface area contributed by atoms with Crippen LogP contribution in [-0.4, -0.2) is 25.7 Å². The van der Waals surface area contributed by atoms with E-state index >= 15 is 0 Å². The standard InChI is InChI=1S/C12H14BrF3N2/c1-8-7-18(5-4-17-8)11-6-9(13)2-3-10(11)12(14,15)16/h2-3,6,8,17H,4-5,7H2,1H3/t8-/m1/s1. The number of nitrogens with zero attached hydrogens (tertiary/aromatic N) is 1. The quantitative estimate of drug-likeness (QED) is 0.853. The summed E-state index contributed by atoms with van der Waals surface area (Å²) in [6.45, 7) is 3.84. The lowest BCUT2D eigenvalue weighted by molar-refractivity contribution is -0.137. The zero-order chi connectivity index (χ0) is 13.3. The van der Waals surface area contributed by atoms with Gasteiger partial charge in [0.15, 0.2) is 0 Å². The first-order chi connectivity index (χ1) is 8.38. The zero-order valence-electron chi connectivity index (χ0n) is 9.89. The summed E-state index contributed by atoms with van der Waals surface area (Å²) in [6.07, 6.45) is -4.32. The minimum absolute atomic E-state index is 0.193. The van der Waals surface area contributed by atoms with Crippen LogP contribution in [0.5, 0.6) is 0 Å². The molecule has 1 heterocycles. The Labute approximate surface area is 112 Å². The van der Waals surface area contributed by atoms with Gasteiger partial charge in [-0.3, -0.25) is 0 Å². The molecule has 18 heavy (non-hydrogen) atoms. The molecule has 1 aromatic carbocycles. The first kappa shape index (κ1) is 13.7. The molecule has 1 aliphatic heterocycles. The van der Waals surface area contributed by atoms with Crippen molar-refractivity contribution >= 4 is 21.6 Å². The van der Waals surface area contributed by atoms with E-state index in [9.17, 15) is 13.2 Å². The number of benzene rings is 1. The van der Waals surface area contributed by atoms with E-state index in [0.717, 1.165) is 6.07 Å². The summed E-state index contributed by atoms with van der Waals surface area (Å²) >= 11 is 3.24. The Morgan fingerprint density at radius 1 is 1.39 bits per heavy atom. The zero-order valence-corrected chi connectivity index (χ0v) is 11.5. The highest BCUT2D eigenvalue weighted by Crippen LogP contribution is 2.38. The smallest absolute Gasteiger partial charge is 0.368 e. The maximum atomic E-state index is 13.0. The van der Waals surface area contributed by atoms with E-state index in [-0.39, 0.29) is 11.7 Å². The second kappa shape index (κ2) is 5.09. The number of nitrogens with one attached hydrogen (secondary N) is 1. The van der Waals surface area contributed by atoms with Crippen molar-refractivity contribution in [3.8, 4) is 0 Å². The second-order valence-corrected chi connectivity index (χ2v) is 5.38. The molecule has 0 unspecified atom stereocenters. The van der Waals surface area contributed by atoms with Gasteiger partial charge in [0.1, 0.15) is 0 Å². The number of alkyl halides is 3. The van der Waals surface area contributed by atoms with Crippen LogP contribution in [0.3, 0.4) is 0 Å². The third-order valence-corrected chi connectivity index (χ3v) is 3.47. The van der Waals surface area contributed by atoms with Gasteiger partial charge in [-0.2, -0.15) is 13.2 Å². The van der Waals surface area contributed by atoms with Crippen molar-refractivity contribution in [2.24, 2.45) is 0 Å². The molecule has 6 heteroatoms. The molecule has 0 aromatic heterocycles. The Morgan fingerprint density at radius 2 is 2.11 bits per heavy atom. The lowest BCUT2D eigenvalue weighted by atomic mass is 10.1. The molecule has 1 N–H and O–H groups in total. The van der Waals surface area contributed by atoms with Crippen LogP contribution >= 0.6 is 15.9 Å². The molecule has 0 amide bonds. The Morgan fingerprint density at radius 3 is 2.72 bits per heavy atom. The Hall–Kier alpha value is -0.750. The molecule has 0 saturated carbocycles. The van der Waals surface area contributed by atoms with Gasteiger partial charge in [0.25, 0.3) is 0 Å². The van der Waals surface area contributed by atoms with Gasteiger partial charge in [-0.25, -0.2) is 0 Å². The maximum Gasteiger partial charge on any atom is 0.418 e. The van der Waals surface area contributed by atoms with E-state index < -0.39 is 11.7 Å². The number of anilines is 1. The predicted octanol–water partition coefficient (Wildman–Crippen LogP) is 3.27. The molecule has 1 fully saturated rings. The third-order valence-electron chi connectivity index (χ3n) is 2.97. The average Bonchev–Trinajstić information content (AvgIpc) is 2.27. The van der Waals surface area contributed by atoms with Gasteiger partial charge in [-0.05, 0) is 25.1 Å². The van der Waals surface area contributed by atoms with Crippen LogP contribution in [0.2, 0.25) is 0 Å². The van der Waals surface area contributed by atoms with E-state index in [1.54, 1.807) is 11.0 Å². The molecular weight excluding hydrogens is 309 g/mol. The SMILES string of the molecule is C[C@@H]1CN(c2cc(Br)ccc2C(F)(F)F)CCN1.